The molecule has 192 valence electrons. The third-order valence-corrected chi connectivity index (χ3v) is 11.1. The second-order valence-electron chi connectivity index (χ2n) is 8.95. The zero-order valence-corrected chi connectivity index (χ0v) is 21.9. The molecule has 0 aliphatic rings. The van der Waals surface area contributed by atoms with Crippen molar-refractivity contribution in [2.45, 2.75) is 12.6 Å². The van der Waals surface area contributed by atoms with E-state index in [0.717, 1.165) is 0 Å². The van der Waals surface area contributed by atoms with Gasteiger partial charge in [0, 0.05) is 0 Å². The predicted octanol–water partition coefficient (Wildman–Crippen LogP) is 8.38. The van der Waals surface area contributed by atoms with E-state index >= 15 is 0 Å². The Balaban J connectivity index is 0.000000617. The van der Waals surface area contributed by atoms with Crippen LogP contribution in [0, 0.1) is 6.92 Å². The van der Waals surface area contributed by atoms with Crippen LogP contribution in [0.15, 0.2) is 146 Å². The molecule has 6 heteroatoms. The van der Waals surface area contributed by atoms with E-state index < -0.39 is 14.5 Å². The third kappa shape index (κ3) is 6.41. The van der Waals surface area contributed by atoms with Crippen LogP contribution < -0.4 is 15.9 Å². The van der Waals surface area contributed by atoms with Crippen LogP contribution in [-0.2, 0) is 0 Å². The minimum absolute atomic E-state index is 0.200. The lowest BCUT2D eigenvalue weighted by atomic mass is 10.0. The molecule has 0 fully saturated rings. The van der Waals surface area contributed by atoms with Crippen LogP contribution in [0.4, 0.5) is 17.3 Å². The van der Waals surface area contributed by atoms with Crippen LogP contribution in [0.25, 0.3) is 0 Å². The molecule has 0 saturated carbocycles. The smallest absolute Gasteiger partial charge is 0.418 e. The average molecular weight is 530 g/mol. The SMILES string of the molecule is Cc1ccc(C(c2ccccc2)[P+](c2ccccc2)(c2ccccc2)c2ccccc2)cc1.F[B-](F)(F)F. The highest BCUT2D eigenvalue weighted by molar-refractivity contribution is 7.96. The molecule has 0 N–H and O–H groups in total. The van der Waals surface area contributed by atoms with Gasteiger partial charge in [-0.25, -0.2) is 0 Å². The van der Waals surface area contributed by atoms with Gasteiger partial charge >= 0.3 is 7.25 Å². The van der Waals surface area contributed by atoms with Gasteiger partial charge in [-0.1, -0.05) is 115 Å². The van der Waals surface area contributed by atoms with E-state index in [2.05, 4.69) is 153 Å². The summed E-state index contributed by atoms with van der Waals surface area (Å²) in [6.45, 7) is 2.16. The standard InChI is InChI=1S/C32H28P.BF4/c1-26-22-24-28(25-23-26)32(27-14-6-2-7-15-27)33(29-16-8-3-9-17-29,30-18-10-4-11-19-30)31-20-12-5-13-21-31;2-1(3,4)5/h2-25,32H,1H3;/q+1;-1. The number of rotatable bonds is 6. The number of hydrogen-bond donors (Lipinski definition) is 0. The molecule has 0 spiro atoms. The Morgan fingerprint density at radius 2 is 0.737 bits per heavy atom. The Kier molecular flexibility index (Phi) is 8.81. The zero-order valence-electron chi connectivity index (χ0n) is 21.0. The topological polar surface area (TPSA) is 0 Å². The molecule has 0 amide bonds. The zero-order chi connectivity index (χ0) is 27.0. The van der Waals surface area contributed by atoms with E-state index in [4.69, 9.17) is 0 Å². The Bertz CT molecular complexity index is 1290. The molecule has 0 bridgehead atoms. The van der Waals surface area contributed by atoms with Crippen molar-refractivity contribution in [2.24, 2.45) is 0 Å². The fourth-order valence-electron chi connectivity index (χ4n) is 4.91. The summed E-state index contributed by atoms with van der Waals surface area (Å²) in [5, 5.41) is 4.20. The van der Waals surface area contributed by atoms with Gasteiger partial charge in [0.1, 0.15) is 28.8 Å². The van der Waals surface area contributed by atoms with E-state index in [1.807, 2.05) is 0 Å². The molecule has 0 saturated heterocycles. The molecule has 0 aliphatic carbocycles. The van der Waals surface area contributed by atoms with Gasteiger partial charge in [-0.15, -0.1) is 0 Å². The maximum atomic E-state index is 9.75. The summed E-state index contributed by atoms with van der Waals surface area (Å²) in [5.41, 5.74) is 4.20. The summed E-state index contributed by atoms with van der Waals surface area (Å²) in [4.78, 5) is 0. The van der Waals surface area contributed by atoms with E-state index in [1.54, 1.807) is 0 Å². The molecule has 0 radical (unpaired) electrons. The van der Waals surface area contributed by atoms with Crippen LogP contribution >= 0.6 is 7.26 Å². The number of halogens is 4. The molecule has 1 atom stereocenters. The second kappa shape index (κ2) is 12.2. The van der Waals surface area contributed by atoms with Crippen molar-refractivity contribution in [3.05, 3.63) is 162 Å². The van der Waals surface area contributed by atoms with Gasteiger partial charge in [0.25, 0.3) is 0 Å². The number of aryl methyl sites for hydroxylation is 1. The summed E-state index contributed by atoms with van der Waals surface area (Å²) in [7, 11) is -8.12. The monoisotopic (exact) mass is 530 g/mol. The molecule has 1 unspecified atom stereocenters. The van der Waals surface area contributed by atoms with Crippen molar-refractivity contribution in [3.8, 4) is 0 Å². The first-order chi connectivity index (χ1) is 18.3. The van der Waals surface area contributed by atoms with E-state index in [9.17, 15) is 17.3 Å². The first kappa shape index (κ1) is 27.4. The van der Waals surface area contributed by atoms with Crippen molar-refractivity contribution in [1.82, 2.24) is 0 Å². The average Bonchev–Trinajstić information content (AvgIpc) is 2.93. The highest BCUT2D eigenvalue weighted by Crippen LogP contribution is 2.68. The second-order valence-corrected chi connectivity index (χ2v) is 12.5. The largest absolute Gasteiger partial charge is 0.673 e. The summed E-state index contributed by atoms with van der Waals surface area (Å²) in [6.07, 6.45) is 0. The molecule has 0 aromatic heterocycles. The molecule has 0 heterocycles. The van der Waals surface area contributed by atoms with Crippen molar-refractivity contribution in [2.75, 3.05) is 0 Å². The maximum Gasteiger partial charge on any atom is 0.673 e. The molecule has 38 heavy (non-hydrogen) atoms. The predicted molar refractivity (Wildman–Crippen MR) is 155 cm³/mol. The first-order valence-electron chi connectivity index (χ1n) is 12.3. The highest BCUT2D eigenvalue weighted by Gasteiger charge is 2.53. The molecule has 5 aromatic rings. The Morgan fingerprint density at radius 1 is 0.447 bits per heavy atom. The Hall–Kier alpha value is -3.69. The van der Waals surface area contributed by atoms with Gasteiger partial charge in [-0.05, 0) is 54.4 Å². The Labute approximate surface area is 222 Å². The van der Waals surface area contributed by atoms with Gasteiger partial charge in [-0.2, -0.15) is 0 Å². The highest BCUT2D eigenvalue weighted by atomic mass is 31.2. The number of hydrogen-bond acceptors (Lipinski definition) is 0. The minimum Gasteiger partial charge on any atom is -0.418 e. The maximum absolute atomic E-state index is 9.75. The summed E-state index contributed by atoms with van der Waals surface area (Å²) in [5.74, 6) is 0. The number of benzene rings is 5. The fourth-order valence-corrected chi connectivity index (χ4v) is 9.86. The van der Waals surface area contributed by atoms with E-state index in [0.29, 0.717) is 0 Å². The van der Waals surface area contributed by atoms with Crippen molar-refractivity contribution in [3.63, 3.8) is 0 Å². The molecular weight excluding hydrogens is 502 g/mol. The van der Waals surface area contributed by atoms with Gasteiger partial charge in [0.05, 0.1) is 0 Å². The Morgan fingerprint density at radius 3 is 1.08 bits per heavy atom. The molecule has 0 aliphatic heterocycles. The summed E-state index contributed by atoms with van der Waals surface area (Å²) in [6, 6.07) is 53.7. The lowest BCUT2D eigenvalue weighted by Crippen LogP contribution is -2.35. The lowest BCUT2D eigenvalue weighted by Gasteiger charge is -2.35. The van der Waals surface area contributed by atoms with Crippen LogP contribution in [0.5, 0.6) is 0 Å². The van der Waals surface area contributed by atoms with Crippen molar-refractivity contribution in [1.29, 1.82) is 0 Å². The molecule has 5 aromatic carbocycles. The van der Waals surface area contributed by atoms with Crippen LogP contribution in [0.3, 0.4) is 0 Å². The quantitative estimate of drug-likeness (QED) is 0.118. The van der Waals surface area contributed by atoms with Gasteiger partial charge < -0.3 is 17.3 Å². The molecule has 0 nitrogen and oxygen atoms in total. The van der Waals surface area contributed by atoms with Gasteiger partial charge in [0.2, 0.25) is 0 Å². The normalized spacial score (nSPS) is 12.2. The summed E-state index contributed by atoms with van der Waals surface area (Å²) < 4.78 is 39.0. The van der Waals surface area contributed by atoms with Crippen LogP contribution in [0.2, 0.25) is 0 Å². The van der Waals surface area contributed by atoms with E-state index in [1.165, 1.54) is 32.6 Å². The van der Waals surface area contributed by atoms with Crippen LogP contribution in [-0.4, -0.2) is 7.25 Å². The van der Waals surface area contributed by atoms with Crippen LogP contribution in [0.1, 0.15) is 22.3 Å². The van der Waals surface area contributed by atoms with Gasteiger partial charge in [0.15, 0.2) is 0 Å². The fraction of sp³-hybridized carbons (Fsp3) is 0.0625. The van der Waals surface area contributed by atoms with Crippen molar-refractivity contribution >= 4 is 30.4 Å². The molecular formula is C32H28BF4P. The minimum atomic E-state index is -6.00. The van der Waals surface area contributed by atoms with E-state index in [-0.39, 0.29) is 5.66 Å². The van der Waals surface area contributed by atoms with Crippen molar-refractivity contribution < 1.29 is 17.3 Å². The molecule has 5 rings (SSSR count). The lowest BCUT2D eigenvalue weighted by molar-refractivity contribution is 0.368. The summed E-state index contributed by atoms with van der Waals surface area (Å²) >= 11 is 0. The first-order valence-corrected chi connectivity index (χ1v) is 14.2. The third-order valence-electron chi connectivity index (χ3n) is 6.39. The van der Waals surface area contributed by atoms with Gasteiger partial charge in [-0.3, -0.25) is 0 Å².